The lowest BCUT2D eigenvalue weighted by molar-refractivity contribution is -0.126. The summed E-state index contributed by atoms with van der Waals surface area (Å²) in [6.07, 6.45) is 2.60. The molecule has 0 aliphatic carbocycles. The van der Waals surface area contributed by atoms with Crippen molar-refractivity contribution in [1.82, 2.24) is 5.32 Å². The van der Waals surface area contributed by atoms with Crippen LogP contribution in [0.3, 0.4) is 0 Å². The number of nitrogens with zero attached hydrogens (tertiary/aromatic N) is 2. The first-order chi connectivity index (χ1) is 14.0. The van der Waals surface area contributed by atoms with E-state index in [0.717, 1.165) is 18.7 Å². The van der Waals surface area contributed by atoms with Crippen LogP contribution in [-0.4, -0.2) is 31.4 Å². The van der Waals surface area contributed by atoms with Crippen LogP contribution in [0.4, 0.5) is 15.8 Å². The topological polar surface area (TPSA) is 52.7 Å². The first-order valence-corrected chi connectivity index (χ1v) is 10.3. The lowest BCUT2D eigenvalue weighted by Gasteiger charge is -2.18. The highest BCUT2D eigenvalue weighted by Crippen LogP contribution is 2.28. The smallest absolute Gasteiger partial charge is 0.227 e. The summed E-state index contributed by atoms with van der Waals surface area (Å²) in [4.78, 5) is 28.7. The van der Waals surface area contributed by atoms with Crippen LogP contribution in [-0.2, 0) is 16.1 Å². The molecule has 29 heavy (non-hydrogen) atoms. The van der Waals surface area contributed by atoms with Crippen molar-refractivity contribution >= 4 is 34.8 Å². The molecule has 2 saturated heterocycles. The average Bonchev–Trinajstić information content (AvgIpc) is 3.39. The van der Waals surface area contributed by atoms with Gasteiger partial charge in [-0.25, -0.2) is 4.39 Å². The molecule has 2 fully saturated rings. The Morgan fingerprint density at radius 2 is 1.79 bits per heavy atom. The van der Waals surface area contributed by atoms with Gasteiger partial charge in [0, 0.05) is 44.0 Å². The Balaban J connectivity index is 1.33. The summed E-state index contributed by atoms with van der Waals surface area (Å²) < 4.78 is 13.4. The number of carbonyl (C=O) groups excluding carboxylic acids is 2. The second-order valence-electron chi connectivity index (χ2n) is 7.58. The van der Waals surface area contributed by atoms with Gasteiger partial charge in [-0.15, -0.1) is 0 Å². The maximum absolute atomic E-state index is 13.4. The van der Waals surface area contributed by atoms with Crippen LogP contribution in [0.1, 0.15) is 24.8 Å². The van der Waals surface area contributed by atoms with Crippen LogP contribution in [0, 0.1) is 11.7 Å². The molecule has 2 aromatic rings. The second kappa shape index (κ2) is 8.41. The van der Waals surface area contributed by atoms with E-state index in [1.54, 1.807) is 0 Å². The molecule has 152 valence electrons. The number of halogens is 2. The van der Waals surface area contributed by atoms with E-state index in [-0.39, 0.29) is 29.8 Å². The summed E-state index contributed by atoms with van der Waals surface area (Å²) in [7, 11) is 0. The zero-order valence-corrected chi connectivity index (χ0v) is 16.8. The number of hydrogen-bond donors (Lipinski definition) is 1. The molecule has 4 rings (SSSR count). The van der Waals surface area contributed by atoms with Gasteiger partial charge in [0.15, 0.2) is 0 Å². The molecular formula is C22H23ClFN3O2. The highest BCUT2D eigenvalue weighted by Gasteiger charge is 2.35. The maximum Gasteiger partial charge on any atom is 0.227 e. The van der Waals surface area contributed by atoms with E-state index in [9.17, 15) is 14.0 Å². The van der Waals surface area contributed by atoms with Gasteiger partial charge in [-0.3, -0.25) is 9.59 Å². The minimum atomic E-state index is -0.535. The lowest BCUT2D eigenvalue weighted by Crippen LogP contribution is -2.32. The van der Waals surface area contributed by atoms with Crippen LogP contribution in [0.15, 0.2) is 42.5 Å². The number of amides is 2. The standard InChI is InChI=1S/C22H23ClFN3O2/c23-19-12-18(7-8-20(19)24)27-14-16(11-21(27)28)22(29)25-13-15-3-5-17(6-4-15)26-9-1-2-10-26/h3-8,12,16H,1-2,9-11,13-14H2,(H,25,29). The quantitative estimate of drug-likeness (QED) is 0.809. The van der Waals surface area contributed by atoms with Crippen LogP contribution in [0.25, 0.3) is 0 Å². The third-order valence-corrected chi connectivity index (χ3v) is 5.87. The van der Waals surface area contributed by atoms with Crippen molar-refractivity contribution in [2.24, 2.45) is 5.92 Å². The number of rotatable bonds is 5. The molecule has 5 nitrogen and oxygen atoms in total. The van der Waals surface area contributed by atoms with Crippen LogP contribution >= 0.6 is 11.6 Å². The first-order valence-electron chi connectivity index (χ1n) is 9.88. The zero-order valence-electron chi connectivity index (χ0n) is 16.0. The summed E-state index contributed by atoms with van der Waals surface area (Å²) in [6, 6.07) is 12.4. The molecule has 1 atom stereocenters. The van der Waals surface area contributed by atoms with Crippen molar-refractivity contribution in [3.63, 3.8) is 0 Å². The summed E-state index contributed by atoms with van der Waals surface area (Å²) in [6.45, 7) is 2.88. The van der Waals surface area contributed by atoms with Gasteiger partial charge < -0.3 is 15.1 Å². The Kier molecular flexibility index (Phi) is 5.72. The molecule has 0 saturated carbocycles. The van der Waals surface area contributed by atoms with E-state index < -0.39 is 11.7 Å². The molecular weight excluding hydrogens is 393 g/mol. The molecule has 2 aliphatic heterocycles. The van der Waals surface area contributed by atoms with Crippen LogP contribution < -0.4 is 15.1 Å². The predicted molar refractivity (Wildman–Crippen MR) is 112 cm³/mol. The first kappa shape index (κ1) is 19.7. The SMILES string of the molecule is O=C(NCc1ccc(N2CCCC2)cc1)C1CC(=O)N(c2ccc(F)c(Cl)c2)C1. The molecule has 7 heteroatoms. The molecule has 2 aromatic carbocycles. The Morgan fingerprint density at radius 1 is 1.10 bits per heavy atom. The van der Waals surface area contributed by atoms with E-state index in [1.165, 1.54) is 41.6 Å². The van der Waals surface area contributed by atoms with E-state index in [1.807, 2.05) is 12.1 Å². The fourth-order valence-corrected chi connectivity index (χ4v) is 4.09. The molecule has 2 amide bonds. The highest BCUT2D eigenvalue weighted by atomic mass is 35.5. The molecule has 1 N–H and O–H groups in total. The third-order valence-electron chi connectivity index (χ3n) is 5.58. The fourth-order valence-electron chi connectivity index (χ4n) is 3.92. The molecule has 0 radical (unpaired) electrons. The Labute approximate surface area is 174 Å². The van der Waals surface area contributed by atoms with E-state index in [2.05, 4.69) is 22.3 Å². The van der Waals surface area contributed by atoms with Crippen molar-refractivity contribution in [2.75, 3.05) is 29.4 Å². The van der Waals surface area contributed by atoms with Gasteiger partial charge in [0.2, 0.25) is 11.8 Å². The minimum absolute atomic E-state index is 0.0411. The second-order valence-corrected chi connectivity index (χ2v) is 7.99. The largest absolute Gasteiger partial charge is 0.372 e. The summed E-state index contributed by atoms with van der Waals surface area (Å²) in [5.74, 6) is -1.29. The summed E-state index contributed by atoms with van der Waals surface area (Å²) >= 11 is 5.81. The Bertz CT molecular complexity index is 913. The van der Waals surface area contributed by atoms with Gasteiger partial charge in [0.25, 0.3) is 0 Å². The van der Waals surface area contributed by atoms with E-state index in [4.69, 9.17) is 11.6 Å². The fraction of sp³-hybridized carbons (Fsp3) is 0.364. The Morgan fingerprint density at radius 3 is 2.48 bits per heavy atom. The summed E-state index contributed by atoms with van der Waals surface area (Å²) in [5, 5.41) is 2.88. The molecule has 0 spiro atoms. The van der Waals surface area contributed by atoms with Crippen molar-refractivity contribution in [1.29, 1.82) is 0 Å². The summed E-state index contributed by atoms with van der Waals surface area (Å²) in [5.41, 5.74) is 2.74. The number of nitrogens with one attached hydrogen (secondary N) is 1. The molecule has 2 aliphatic rings. The van der Waals surface area contributed by atoms with Gasteiger partial charge in [-0.1, -0.05) is 23.7 Å². The lowest BCUT2D eigenvalue weighted by atomic mass is 10.1. The number of hydrogen-bond acceptors (Lipinski definition) is 3. The molecule has 2 heterocycles. The van der Waals surface area contributed by atoms with E-state index in [0.29, 0.717) is 12.2 Å². The zero-order chi connectivity index (χ0) is 20.4. The maximum atomic E-state index is 13.4. The monoisotopic (exact) mass is 415 g/mol. The van der Waals surface area contributed by atoms with Gasteiger partial charge in [-0.2, -0.15) is 0 Å². The van der Waals surface area contributed by atoms with E-state index >= 15 is 0 Å². The number of anilines is 2. The Hall–Kier alpha value is -2.60. The average molecular weight is 416 g/mol. The number of benzene rings is 2. The van der Waals surface area contributed by atoms with Crippen LogP contribution in [0.2, 0.25) is 5.02 Å². The van der Waals surface area contributed by atoms with Crippen molar-refractivity contribution < 1.29 is 14.0 Å². The number of carbonyl (C=O) groups is 2. The van der Waals surface area contributed by atoms with Crippen molar-refractivity contribution in [3.05, 3.63) is 58.9 Å². The molecule has 1 unspecified atom stereocenters. The van der Waals surface area contributed by atoms with Gasteiger partial charge in [-0.05, 0) is 48.7 Å². The predicted octanol–water partition coefficient (Wildman–Crippen LogP) is 3.75. The normalized spacial score (nSPS) is 19.1. The van der Waals surface area contributed by atoms with Crippen molar-refractivity contribution in [3.8, 4) is 0 Å². The highest BCUT2D eigenvalue weighted by molar-refractivity contribution is 6.31. The minimum Gasteiger partial charge on any atom is -0.372 e. The third kappa shape index (κ3) is 4.37. The van der Waals surface area contributed by atoms with Crippen molar-refractivity contribution in [2.45, 2.75) is 25.8 Å². The molecule has 0 aromatic heterocycles. The molecule has 0 bridgehead atoms. The van der Waals surface area contributed by atoms with Crippen LogP contribution in [0.5, 0.6) is 0 Å². The van der Waals surface area contributed by atoms with Gasteiger partial charge in [0.1, 0.15) is 5.82 Å². The van der Waals surface area contributed by atoms with Gasteiger partial charge >= 0.3 is 0 Å². The van der Waals surface area contributed by atoms with Gasteiger partial charge in [0.05, 0.1) is 10.9 Å².